The molecule has 2 aromatic rings. The van der Waals surface area contributed by atoms with Crippen LogP contribution in [0.4, 0.5) is 0 Å². The Hall–Kier alpha value is -2.63. The van der Waals surface area contributed by atoms with Crippen molar-refractivity contribution in [2.75, 3.05) is 13.1 Å². The molecular formula is C21H28N4O2. The molecule has 144 valence electrons. The molecule has 1 aliphatic rings. The van der Waals surface area contributed by atoms with E-state index in [1.54, 1.807) is 12.5 Å². The zero-order valence-electron chi connectivity index (χ0n) is 16.1. The molecule has 1 aromatic heterocycles. The molecule has 0 spiro atoms. The number of carbonyl (C=O) groups excluding carboxylic acids is 2. The second kappa shape index (κ2) is 8.84. The van der Waals surface area contributed by atoms with Gasteiger partial charge in [-0.1, -0.05) is 29.8 Å². The summed E-state index contributed by atoms with van der Waals surface area (Å²) in [6.07, 6.45) is 7.33. The van der Waals surface area contributed by atoms with Crippen molar-refractivity contribution in [1.82, 2.24) is 19.8 Å². The van der Waals surface area contributed by atoms with Crippen LogP contribution in [0.3, 0.4) is 0 Å². The maximum Gasteiger partial charge on any atom is 0.225 e. The Morgan fingerprint density at radius 2 is 2.07 bits per heavy atom. The minimum Gasteiger partial charge on any atom is -0.356 e. The molecule has 27 heavy (non-hydrogen) atoms. The lowest BCUT2D eigenvalue weighted by Gasteiger charge is -2.40. The van der Waals surface area contributed by atoms with Crippen molar-refractivity contribution >= 4 is 11.8 Å². The summed E-state index contributed by atoms with van der Waals surface area (Å²) in [5.74, 6) is -0.0389. The summed E-state index contributed by atoms with van der Waals surface area (Å²) in [6, 6.07) is 7.98. The van der Waals surface area contributed by atoms with Gasteiger partial charge < -0.3 is 14.8 Å². The number of nitrogens with one attached hydrogen (secondary N) is 1. The largest absolute Gasteiger partial charge is 0.356 e. The number of aryl methyl sites for hydroxylation is 2. The van der Waals surface area contributed by atoms with Crippen molar-refractivity contribution in [3.05, 3.63) is 54.1 Å². The molecule has 2 atom stereocenters. The highest BCUT2D eigenvalue weighted by Gasteiger charge is 2.39. The molecular weight excluding hydrogens is 340 g/mol. The number of aromatic nitrogens is 2. The van der Waals surface area contributed by atoms with Gasteiger partial charge in [-0.3, -0.25) is 9.59 Å². The Morgan fingerprint density at radius 1 is 1.30 bits per heavy atom. The highest BCUT2D eigenvalue weighted by Crippen LogP contribution is 2.36. The third kappa shape index (κ3) is 4.56. The zero-order valence-corrected chi connectivity index (χ0v) is 16.1. The second-order valence-electron chi connectivity index (χ2n) is 7.13. The van der Waals surface area contributed by atoms with E-state index in [-0.39, 0.29) is 23.8 Å². The Balaban J connectivity index is 1.67. The lowest BCUT2D eigenvalue weighted by Crippen LogP contribution is -2.48. The predicted octanol–water partition coefficient (Wildman–Crippen LogP) is 2.70. The average molecular weight is 368 g/mol. The number of piperidine rings is 1. The van der Waals surface area contributed by atoms with Gasteiger partial charge in [0, 0.05) is 38.4 Å². The highest BCUT2D eigenvalue weighted by molar-refractivity contribution is 5.85. The minimum absolute atomic E-state index is 0.0390. The first kappa shape index (κ1) is 19.1. The third-order valence-corrected chi connectivity index (χ3v) is 5.25. The molecule has 0 radical (unpaired) electrons. The first-order valence-corrected chi connectivity index (χ1v) is 9.69. The van der Waals surface area contributed by atoms with Gasteiger partial charge in [0.05, 0.1) is 18.3 Å². The molecule has 0 bridgehead atoms. The van der Waals surface area contributed by atoms with E-state index in [1.165, 1.54) is 5.56 Å². The summed E-state index contributed by atoms with van der Waals surface area (Å²) in [6.45, 7) is 6.07. The molecule has 2 heterocycles. The monoisotopic (exact) mass is 368 g/mol. The van der Waals surface area contributed by atoms with Crippen LogP contribution in [0, 0.1) is 12.8 Å². The summed E-state index contributed by atoms with van der Waals surface area (Å²) in [5.41, 5.74) is 2.21. The van der Waals surface area contributed by atoms with Crippen molar-refractivity contribution in [3.63, 3.8) is 0 Å². The number of rotatable bonds is 7. The standard InChI is InChI=1S/C21H28N4O2/c1-3-25-19(26)10-9-18(20(25)17-7-5-16(2)6-8-17)21(27)23-11-4-13-24-14-12-22-15-24/h5-8,12,14-15,18,20H,3-4,9-11,13H2,1-2H3,(H,23,27)/t18-,20+/m1/s1. The second-order valence-corrected chi connectivity index (χ2v) is 7.13. The Kier molecular flexibility index (Phi) is 6.27. The molecule has 1 N–H and O–H groups in total. The van der Waals surface area contributed by atoms with E-state index in [0.717, 1.165) is 18.5 Å². The molecule has 0 unspecified atom stereocenters. The molecule has 2 amide bonds. The maximum absolute atomic E-state index is 12.9. The van der Waals surface area contributed by atoms with Gasteiger partial charge >= 0.3 is 0 Å². The number of carbonyl (C=O) groups is 2. The van der Waals surface area contributed by atoms with Crippen LogP contribution in [0.1, 0.15) is 43.4 Å². The molecule has 1 fully saturated rings. The summed E-state index contributed by atoms with van der Waals surface area (Å²) >= 11 is 0. The van der Waals surface area contributed by atoms with E-state index in [1.807, 2.05) is 53.8 Å². The lowest BCUT2D eigenvalue weighted by atomic mass is 9.83. The predicted molar refractivity (Wildman–Crippen MR) is 104 cm³/mol. The van der Waals surface area contributed by atoms with Crippen LogP contribution in [0.2, 0.25) is 0 Å². The Morgan fingerprint density at radius 3 is 2.74 bits per heavy atom. The topological polar surface area (TPSA) is 67.2 Å². The van der Waals surface area contributed by atoms with E-state index in [9.17, 15) is 9.59 Å². The number of benzene rings is 1. The third-order valence-electron chi connectivity index (χ3n) is 5.25. The van der Waals surface area contributed by atoms with Crippen molar-refractivity contribution in [2.45, 2.75) is 45.7 Å². The van der Waals surface area contributed by atoms with Gasteiger partial charge in [0.1, 0.15) is 0 Å². The normalized spacial score (nSPS) is 19.9. The van der Waals surface area contributed by atoms with Crippen LogP contribution in [0.15, 0.2) is 43.0 Å². The molecule has 0 aliphatic carbocycles. The van der Waals surface area contributed by atoms with Crippen molar-refractivity contribution in [2.24, 2.45) is 5.92 Å². The summed E-state index contributed by atoms with van der Waals surface area (Å²) in [4.78, 5) is 31.2. The lowest BCUT2D eigenvalue weighted by molar-refractivity contribution is -0.143. The van der Waals surface area contributed by atoms with Crippen LogP contribution >= 0.6 is 0 Å². The zero-order chi connectivity index (χ0) is 19.2. The molecule has 1 saturated heterocycles. The first-order chi connectivity index (χ1) is 13.1. The van der Waals surface area contributed by atoms with Gasteiger partial charge in [0.2, 0.25) is 11.8 Å². The fourth-order valence-corrected chi connectivity index (χ4v) is 3.80. The fraction of sp³-hybridized carbons (Fsp3) is 0.476. The summed E-state index contributed by atoms with van der Waals surface area (Å²) < 4.78 is 2.00. The van der Waals surface area contributed by atoms with Gasteiger partial charge in [0.15, 0.2) is 0 Å². The van der Waals surface area contributed by atoms with Crippen LogP contribution in [0.5, 0.6) is 0 Å². The van der Waals surface area contributed by atoms with Crippen molar-refractivity contribution in [3.8, 4) is 0 Å². The van der Waals surface area contributed by atoms with Gasteiger partial charge in [-0.25, -0.2) is 4.98 Å². The minimum atomic E-state index is -0.210. The van der Waals surface area contributed by atoms with Gasteiger partial charge in [0.25, 0.3) is 0 Å². The number of hydrogen-bond acceptors (Lipinski definition) is 3. The van der Waals surface area contributed by atoms with Crippen molar-refractivity contribution < 1.29 is 9.59 Å². The molecule has 0 saturated carbocycles. The number of amides is 2. The van der Waals surface area contributed by atoms with Crippen LogP contribution in [-0.4, -0.2) is 39.4 Å². The number of nitrogens with zero attached hydrogens (tertiary/aromatic N) is 3. The van der Waals surface area contributed by atoms with Gasteiger partial charge in [-0.2, -0.15) is 0 Å². The smallest absolute Gasteiger partial charge is 0.225 e. The van der Waals surface area contributed by atoms with E-state index in [0.29, 0.717) is 25.9 Å². The summed E-state index contributed by atoms with van der Waals surface area (Å²) in [7, 11) is 0. The summed E-state index contributed by atoms with van der Waals surface area (Å²) in [5, 5.41) is 3.07. The number of hydrogen-bond donors (Lipinski definition) is 1. The molecule has 6 nitrogen and oxygen atoms in total. The molecule has 1 aromatic carbocycles. The quantitative estimate of drug-likeness (QED) is 0.764. The van der Waals surface area contributed by atoms with Crippen molar-refractivity contribution in [1.29, 1.82) is 0 Å². The van der Waals surface area contributed by atoms with Gasteiger partial charge in [-0.05, 0) is 32.3 Å². The molecule has 3 rings (SSSR count). The SMILES string of the molecule is CCN1C(=O)CC[C@@H](C(=O)NCCCn2ccnc2)[C@@H]1c1ccc(C)cc1. The molecule has 1 aliphatic heterocycles. The fourth-order valence-electron chi connectivity index (χ4n) is 3.80. The number of likely N-dealkylation sites (tertiary alicyclic amines) is 1. The number of imidazole rings is 1. The van der Waals surface area contributed by atoms with Gasteiger partial charge in [-0.15, -0.1) is 0 Å². The Labute approximate surface area is 160 Å². The first-order valence-electron chi connectivity index (χ1n) is 9.69. The van der Waals surface area contributed by atoms with E-state index < -0.39 is 0 Å². The van der Waals surface area contributed by atoms with E-state index in [2.05, 4.69) is 10.3 Å². The van der Waals surface area contributed by atoms with Crippen LogP contribution in [0.25, 0.3) is 0 Å². The molecule has 6 heteroatoms. The van der Waals surface area contributed by atoms with Crippen LogP contribution in [-0.2, 0) is 16.1 Å². The van der Waals surface area contributed by atoms with E-state index >= 15 is 0 Å². The van der Waals surface area contributed by atoms with E-state index in [4.69, 9.17) is 0 Å². The maximum atomic E-state index is 12.9. The Bertz CT molecular complexity index is 755. The highest BCUT2D eigenvalue weighted by atomic mass is 16.2. The van der Waals surface area contributed by atoms with Crippen LogP contribution < -0.4 is 5.32 Å². The average Bonchev–Trinajstić information content (AvgIpc) is 3.19.